The van der Waals surface area contributed by atoms with Crippen molar-refractivity contribution >= 4 is 17.5 Å². The van der Waals surface area contributed by atoms with Gasteiger partial charge in [0, 0.05) is 32.8 Å². The first-order valence-electron chi connectivity index (χ1n) is 11.2. The van der Waals surface area contributed by atoms with Crippen LogP contribution in [0.1, 0.15) is 53.4 Å². The summed E-state index contributed by atoms with van der Waals surface area (Å²) in [5.74, 6) is -1.25. The molecule has 5 atom stereocenters. The second-order valence-corrected chi connectivity index (χ2v) is 8.15. The number of aliphatic hydroxyl groups excluding tert-OH is 1. The molecule has 0 radical (unpaired) electrons. The minimum atomic E-state index is -0.994. The van der Waals surface area contributed by atoms with Gasteiger partial charge in [-0.25, -0.2) is 0 Å². The van der Waals surface area contributed by atoms with Crippen LogP contribution in [0.2, 0.25) is 0 Å². The number of esters is 1. The highest BCUT2D eigenvalue weighted by Gasteiger charge is 2.38. The van der Waals surface area contributed by atoms with E-state index in [2.05, 4.69) is 0 Å². The summed E-state index contributed by atoms with van der Waals surface area (Å²) in [5.41, 5.74) is 0. The third-order valence-electron chi connectivity index (χ3n) is 5.42. The molecule has 182 valence electrons. The van der Waals surface area contributed by atoms with Crippen molar-refractivity contribution in [3.05, 3.63) is 24.3 Å². The lowest BCUT2D eigenvalue weighted by atomic mass is 9.83. The van der Waals surface area contributed by atoms with Gasteiger partial charge < -0.3 is 24.1 Å². The van der Waals surface area contributed by atoms with Crippen LogP contribution in [0.3, 0.4) is 0 Å². The molecule has 1 rings (SSSR count). The Morgan fingerprint density at radius 2 is 1.81 bits per heavy atom. The second-order valence-electron chi connectivity index (χ2n) is 8.15. The van der Waals surface area contributed by atoms with E-state index in [1.165, 1.54) is 27.0 Å². The van der Waals surface area contributed by atoms with Gasteiger partial charge in [0.1, 0.15) is 18.0 Å². The smallest absolute Gasteiger partial charge is 0.302 e. The predicted octanol–water partition coefficient (Wildman–Crippen LogP) is 2.77. The van der Waals surface area contributed by atoms with Gasteiger partial charge in [0.05, 0.1) is 19.3 Å². The third kappa shape index (κ3) is 10.2. The number of aliphatic hydroxyl groups is 1. The molecule has 0 aromatic rings. The van der Waals surface area contributed by atoms with Crippen LogP contribution in [-0.4, -0.2) is 67.6 Å². The summed E-state index contributed by atoms with van der Waals surface area (Å²) in [5, 5.41) is 11.2. The normalized spacial score (nSPS) is 19.7. The molecule has 1 saturated heterocycles. The highest BCUT2D eigenvalue weighted by molar-refractivity contribution is 5.91. The average Bonchev–Trinajstić information content (AvgIpc) is 3.25. The molecule has 0 bridgehead atoms. The van der Waals surface area contributed by atoms with Crippen molar-refractivity contribution in [3.63, 3.8) is 0 Å². The largest absolute Gasteiger partial charge is 0.460 e. The topological polar surface area (TPSA) is 108 Å². The Hall–Kier alpha value is -1.87. The van der Waals surface area contributed by atoms with Gasteiger partial charge >= 0.3 is 5.97 Å². The molecule has 0 amide bonds. The molecular weight excluding hydrogens is 416 g/mol. The first-order valence-corrected chi connectivity index (χ1v) is 11.2. The molecule has 1 aliphatic heterocycles. The number of methoxy groups -OCH3 is 1. The van der Waals surface area contributed by atoms with Crippen LogP contribution in [0.4, 0.5) is 0 Å². The highest BCUT2D eigenvalue weighted by Crippen LogP contribution is 2.29. The maximum Gasteiger partial charge on any atom is 0.302 e. The number of Topliss-reactive ketones (excluding diaryl/α,β-unsaturated/α-hetero) is 1. The van der Waals surface area contributed by atoms with E-state index in [-0.39, 0.29) is 23.4 Å². The van der Waals surface area contributed by atoms with Gasteiger partial charge in [0.2, 0.25) is 0 Å². The number of ketones is 2. The lowest BCUT2D eigenvalue weighted by Crippen LogP contribution is -2.46. The van der Waals surface area contributed by atoms with E-state index < -0.39 is 30.6 Å². The lowest BCUT2D eigenvalue weighted by Gasteiger charge is -2.34. The predicted molar refractivity (Wildman–Crippen MR) is 119 cm³/mol. The second kappa shape index (κ2) is 15.1. The van der Waals surface area contributed by atoms with Crippen molar-refractivity contribution in [2.45, 2.75) is 78.0 Å². The zero-order valence-corrected chi connectivity index (χ0v) is 19.8. The van der Waals surface area contributed by atoms with Crippen molar-refractivity contribution in [3.8, 4) is 0 Å². The Morgan fingerprint density at radius 1 is 1.16 bits per heavy atom. The monoisotopic (exact) mass is 454 g/mol. The van der Waals surface area contributed by atoms with E-state index in [0.29, 0.717) is 38.9 Å². The average molecular weight is 455 g/mol. The van der Waals surface area contributed by atoms with Gasteiger partial charge in [0.25, 0.3) is 0 Å². The molecule has 0 spiro atoms. The zero-order chi connectivity index (χ0) is 24.1. The minimum absolute atomic E-state index is 0.0503. The molecule has 32 heavy (non-hydrogen) atoms. The summed E-state index contributed by atoms with van der Waals surface area (Å²) in [6.07, 6.45) is 5.19. The van der Waals surface area contributed by atoms with E-state index >= 15 is 0 Å². The summed E-state index contributed by atoms with van der Waals surface area (Å²) < 4.78 is 22.0. The Kier molecular flexibility index (Phi) is 13.2. The molecule has 1 heterocycles. The summed E-state index contributed by atoms with van der Waals surface area (Å²) in [6, 6.07) is 0. The van der Waals surface area contributed by atoms with Crippen LogP contribution in [-0.2, 0) is 33.3 Å². The summed E-state index contributed by atoms with van der Waals surface area (Å²) in [7, 11) is 1.46. The summed E-state index contributed by atoms with van der Waals surface area (Å²) in [6.45, 7) is 7.43. The number of hydrogen-bond donors (Lipinski definition) is 1. The maximum absolute atomic E-state index is 12.6. The van der Waals surface area contributed by atoms with Gasteiger partial charge in [-0.1, -0.05) is 32.1 Å². The van der Waals surface area contributed by atoms with Crippen LogP contribution in [0.15, 0.2) is 24.3 Å². The lowest BCUT2D eigenvalue weighted by molar-refractivity contribution is -0.166. The quantitative estimate of drug-likeness (QED) is 0.229. The molecule has 8 heteroatoms. The van der Waals surface area contributed by atoms with Crippen molar-refractivity contribution in [2.24, 2.45) is 11.8 Å². The van der Waals surface area contributed by atoms with Crippen LogP contribution in [0.5, 0.6) is 0 Å². The van der Waals surface area contributed by atoms with Crippen molar-refractivity contribution in [2.75, 3.05) is 20.3 Å². The number of carbonyl (C=O) groups excluding carboxylic acids is 3. The van der Waals surface area contributed by atoms with E-state index in [9.17, 15) is 19.5 Å². The molecule has 0 aliphatic carbocycles. The van der Waals surface area contributed by atoms with Gasteiger partial charge in [0.15, 0.2) is 12.1 Å². The summed E-state index contributed by atoms with van der Waals surface area (Å²) in [4.78, 5) is 35.0. The fraction of sp³-hybridized carbons (Fsp3) is 0.708. The number of rotatable bonds is 15. The molecular formula is C24H38O8. The molecule has 0 saturated carbocycles. The Labute approximate surface area is 190 Å². The number of hydrogen-bond acceptors (Lipinski definition) is 8. The van der Waals surface area contributed by atoms with Crippen molar-refractivity contribution in [1.29, 1.82) is 0 Å². The van der Waals surface area contributed by atoms with Gasteiger partial charge in [-0.3, -0.25) is 14.4 Å². The standard InChI is InChI=1S/C24H38O8/c1-6-21(32-18(4)26)24(29-5)23(28)19(15-22-30-12-13-31-22)14-16(2)20(27)11-9-7-8-10-17(3)25/h7-9,11,16,19,21-24,28H,6,10,12-15H2,1-5H3. The Bertz CT molecular complexity index is 650. The van der Waals surface area contributed by atoms with E-state index in [1.807, 2.05) is 6.92 Å². The van der Waals surface area contributed by atoms with Crippen molar-refractivity contribution < 1.29 is 38.4 Å². The van der Waals surface area contributed by atoms with E-state index in [4.69, 9.17) is 18.9 Å². The minimum Gasteiger partial charge on any atom is -0.460 e. The highest BCUT2D eigenvalue weighted by atomic mass is 16.7. The first-order chi connectivity index (χ1) is 15.2. The number of carbonyl (C=O) groups is 3. The van der Waals surface area contributed by atoms with Gasteiger partial charge in [-0.2, -0.15) is 0 Å². The van der Waals surface area contributed by atoms with E-state index in [1.54, 1.807) is 25.2 Å². The molecule has 1 N–H and O–H groups in total. The first kappa shape index (κ1) is 28.2. The van der Waals surface area contributed by atoms with Gasteiger partial charge in [-0.05, 0) is 31.8 Å². The SMILES string of the molecule is CCC(OC(C)=O)C(OC)C(O)C(CC1OCCO1)CC(C)C(=O)C=CC=CCC(C)=O. The molecule has 5 unspecified atom stereocenters. The fourth-order valence-electron chi connectivity index (χ4n) is 3.74. The Balaban J connectivity index is 2.90. The zero-order valence-electron chi connectivity index (χ0n) is 19.8. The van der Waals surface area contributed by atoms with Gasteiger partial charge in [-0.15, -0.1) is 0 Å². The fourth-order valence-corrected chi connectivity index (χ4v) is 3.74. The molecule has 0 aromatic carbocycles. The van der Waals surface area contributed by atoms with Crippen LogP contribution < -0.4 is 0 Å². The molecule has 1 aliphatic rings. The maximum atomic E-state index is 12.6. The van der Waals surface area contributed by atoms with Crippen molar-refractivity contribution in [1.82, 2.24) is 0 Å². The third-order valence-corrected chi connectivity index (χ3v) is 5.42. The number of ether oxygens (including phenoxy) is 4. The summed E-state index contributed by atoms with van der Waals surface area (Å²) >= 11 is 0. The molecule has 8 nitrogen and oxygen atoms in total. The Morgan fingerprint density at radius 3 is 2.34 bits per heavy atom. The number of allylic oxidation sites excluding steroid dienone is 4. The molecule has 1 fully saturated rings. The van der Waals surface area contributed by atoms with E-state index in [0.717, 1.165) is 0 Å². The van der Waals surface area contributed by atoms with Crippen LogP contribution in [0.25, 0.3) is 0 Å². The van der Waals surface area contributed by atoms with Crippen LogP contribution in [0, 0.1) is 11.8 Å². The van der Waals surface area contributed by atoms with Crippen LogP contribution >= 0.6 is 0 Å². The molecule has 0 aromatic heterocycles.